The Morgan fingerprint density at radius 3 is 2.03 bits per heavy atom. The maximum atomic E-state index is 12.5. The zero-order valence-electron chi connectivity index (χ0n) is 15.7. The fourth-order valence-corrected chi connectivity index (χ4v) is 3.79. The molecule has 2 N–H and O–H groups in total. The van der Waals surface area contributed by atoms with Crippen LogP contribution in [0.3, 0.4) is 0 Å². The zero-order chi connectivity index (χ0) is 22.1. The Kier molecular flexibility index (Phi) is 5.98. The first-order valence-corrected chi connectivity index (χ1v) is 10.7. The molecule has 0 atom stereocenters. The minimum atomic E-state index is -3.87. The monoisotopic (exact) mass is 470 g/mol. The molecule has 1 aliphatic heterocycles. The SMILES string of the molecule is CC1(C)OC(=O)C(=CNc2ccc(S(=O)(=O)Nc3ccc(Cl)c(Cl)c3)cc2)C(=O)O1. The van der Waals surface area contributed by atoms with E-state index < -0.39 is 27.7 Å². The zero-order valence-corrected chi connectivity index (χ0v) is 18.1. The summed E-state index contributed by atoms with van der Waals surface area (Å²) in [5.41, 5.74) is 0.377. The summed E-state index contributed by atoms with van der Waals surface area (Å²) in [7, 11) is -3.87. The van der Waals surface area contributed by atoms with Crippen LogP contribution in [0.2, 0.25) is 10.0 Å². The first-order valence-electron chi connectivity index (χ1n) is 8.48. The lowest BCUT2D eigenvalue weighted by Crippen LogP contribution is -2.42. The molecule has 30 heavy (non-hydrogen) atoms. The number of ether oxygens (including phenoxy) is 2. The second kappa shape index (κ2) is 8.17. The van der Waals surface area contributed by atoms with Gasteiger partial charge in [0.2, 0.25) is 0 Å². The Balaban J connectivity index is 1.72. The van der Waals surface area contributed by atoms with Gasteiger partial charge in [0, 0.05) is 25.7 Å². The van der Waals surface area contributed by atoms with Crippen molar-refractivity contribution < 1.29 is 27.5 Å². The van der Waals surface area contributed by atoms with E-state index in [-0.39, 0.29) is 21.2 Å². The van der Waals surface area contributed by atoms with Gasteiger partial charge in [-0.3, -0.25) is 4.72 Å². The van der Waals surface area contributed by atoms with Crippen LogP contribution in [0, 0.1) is 0 Å². The number of nitrogens with one attached hydrogen (secondary N) is 2. The molecule has 11 heteroatoms. The molecule has 0 bridgehead atoms. The molecular weight excluding hydrogens is 455 g/mol. The number of carbonyl (C=O) groups excluding carboxylic acids is 2. The first-order chi connectivity index (χ1) is 14.0. The van der Waals surface area contributed by atoms with Gasteiger partial charge < -0.3 is 14.8 Å². The molecule has 0 amide bonds. The quantitative estimate of drug-likeness (QED) is 0.386. The average molecular weight is 471 g/mol. The maximum absolute atomic E-state index is 12.5. The van der Waals surface area contributed by atoms with Crippen LogP contribution < -0.4 is 10.0 Å². The lowest BCUT2D eigenvalue weighted by Gasteiger charge is -2.29. The largest absolute Gasteiger partial charge is 0.419 e. The molecular formula is C19H16Cl2N2O6S. The van der Waals surface area contributed by atoms with Crippen LogP contribution in [0.25, 0.3) is 0 Å². The molecule has 0 aliphatic carbocycles. The van der Waals surface area contributed by atoms with Crippen LogP contribution in [0.4, 0.5) is 11.4 Å². The van der Waals surface area contributed by atoms with E-state index in [1.807, 2.05) is 0 Å². The Labute approximate surface area is 182 Å². The van der Waals surface area contributed by atoms with Crippen molar-refractivity contribution in [1.29, 1.82) is 0 Å². The molecule has 0 aromatic heterocycles. The fourth-order valence-electron chi connectivity index (χ4n) is 2.44. The topological polar surface area (TPSA) is 111 Å². The van der Waals surface area contributed by atoms with Crippen LogP contribution in [0.1, 0.15) is 13.8 Å². The molecule has 158 valence electrons. The lowest BCUT2D eigenvalue weighted by atomic mass is 10.2. The van der Waals surface area contributed by atoms with Crippen molar-refractivity contribution in [2.75, 3.05) is 10.0 Å². The van der Waals surface area contributed by atoms with Gasteiger partial charge in [0.05, 0.1) is 20.6 Å². The normalized spacial score (nSPS) is 15.8. The van der Waals surface area contributed by atoms with Crippen LogP contribution in [-0.4, -0.2) is 26.1 Å². The van der Waals surface area contributed by atoms with Crippen molar-refractivity contribution in [3.05, 3.63) is 64.3 Å². The Morgan fingerprint density at radius 1 is 0.900 bits per heavy atom. The highest BCUT2D eigenvalue weighted by atomic mass is 35.5. The van der Waals surface area contributed by atoms with Crippen LogP contribution in [-0.2, 0) is 29.1 Å². The summed E-state index contributed by atoms with van der Waals surface area (Å²) in [6, 6.07) is 9.98. The minimum Gasteiger partial charge on any atom is -0.419 e. The molecule has 0 spiro atoms. The van der Waals surface area contributed by atoms with Gasteiger partial charge >= 0.3 is 11.9 Å². The van der Waals surface area contributed by atoms with Gasteiger partial charge in [-0.15, -0.1) is 0 Å². The Bertz CT molecular complexity index is 1120. The smallest absolute Gasteiger partial charge is 0.350 e. The van der Waals surface area contributed by atoms with Crippen LogP contribution in [0.15, 0.2) is 59.1 Å². The summed E-state index contributed by atoms with van der Waals surface area (Å²) in [5.74, 6) is -2.98. The van der Waals surface area contributed by atoms with E-state index in [2.05, 4.69) is 10.0 Å². The van der Waals surface area contributed by atoms with Gasteiger partial charge in [0.25, 0.3) is 15.8 Å². The predicted octanol–water partition coefficient (Wildman–Crippen LogP) is 3.93. The molecule has 3 rings (SSSR count). The molecule has 0 unspecified atom stereocenters. The summed E-state index contributed by atoms with van der Waals surface area (Å²) in [4.78, 5) is 23.8. The summed E-state index contributed by atoms with van der Waals surface area (Å²) in [6.07, 6.45) is 1.14. The van der Waals surface area contributed by atoms with E-state index in [1.165, 1.54) is 56.3 Å². The van der Waals surface area contributed by atoms with Gasteiger partial charge in [-0.25, -0.2) is 18.0 Å². The van der Waals surface area contributed by atoms with Gasteiger partial charge in [-0.05, 0) is 42.5 Å². The summed E-state index contributed by atoms with van der Waals surface area (Å²) in [5, 5.41) is 3.25. The number of hydrogen-bond donors (Lipinski definition) is 2. The molecule has 1 saturated heterocycles. The van der Waals surface area contributed by atoms with E-state index in [9.17, 15) is 18.0 Å². The van der Waals surface area contributed by atoms with E-state index in [0.717, 1.165) is 6.20 Å². The Morgan fingerprint density at radius 2 is 1.47 bits per heavy atom. The van der Waals surface area contributed by atoms with E-state index >= 15 is 0 Å². The third-order valence-electron chi connectivity index (χ3n) is 3.84. The van der Waals surface area contributed by atoms with Crippen molar-refractivity contribution in [3.63, 3.8) is 0 Å². The highest BCUT2D eigenvalue weighted by molar-refractivity contribution is 7.92. The van der Waals surface area contributed by atoms with Crippen molar-refractivity contribution >= 4 is 56.5 Å². The molecule has 1 heterocycles. The lowest BCUT2D eigenvalue weighted by molar-refractivity contribution is -0.222. The van der Waals surface area contributed by atoms with E-state index in [0.29, 0.717) is 10.7 Å². The molecule has 2 aromatic carbocycles. The van der Waals surface area contributed by atoms with Gasteiger partial charge in [-0.2, -0.15) is 0 Å². The average Bonchev–Trinajstić information content (AvgIpc) is 2.63. The Hall–Kier alpha value is -2.75. The summed E-state index contributed by atoms with van der Waals surface area (Å²) in [6.45, 7) is 2.89. The number of esters is 2. The second-order valence-electron chi connectivity index (χ2n) is 6.64. The summed E-state index contributed by atoms with van der Waals surface area (Å²) < 4.78 is 37.4. The predicted molar refractivity (Wildman–Crippen MR) is 112 cm³/mol. The standard InChI is InChI=1S/C19H16Cl2N2O6S/c1-19(2)28-17(24)14(18(25)29-19)10-22-11-3-6-13(7-4-11)30(26,27)23-12-5-8-15(20)16(21)9-12/h3-10,22-23H,1-2H3. The maximum Gasteiger partial charge on any atom is 0.350 e. The van der Waals surface area contributed by atoms with Crippen molar-refractivity contribution in [1.82, 2.24) is 0 Å². The third-order valence-corrected chi connectivity index (χ3v) is 5.97. The fraction of sp³-hybridized carbons (Fsp3) is 0.158. The number of rotatable bonds is 5. The molecule has 1 fully saturated rings. The number of benzene rings is 2. The van der Waals surface area contributed by atoms with Crippen LogP contribution >= 0.6 is 23.2 Å². The van der Waals surface area contributed by atoms with Crippen molar-refractivity contribution in [2.24, 2.45) is 0 Å². The molecule has 8 nitrogen and oxygen atoms in total. The number of anilines is 2. The number of halogens is 2. The van der Waals surface area contributed by atoms with E-state index in [4.69, 9.17) is 32.7 Å². The highest BCUT2D eigenvalue weighted by Crippen LogP contribution is 2.27. The summed E-state index contributed by atoms with van der Waals surface area (Å²) >= 11 is 11.7. The van der Waals surface area contributed by atoms with E-state index in [1.54, 1.807) is 0 Å². The van der Waals surface area contributed by atoms with Gasteiger partial charge in [0.15, 0.2) is 5.57 Å². The second-order valence-corrected chi connectivity index (χ2v) is 9.14. The molecule has 0 saturated carbocycles. The van der Waals surface area contributed by atoms with Gasteiger partial charge in [-0.1, -0.05) is 23.2 Å². The number of hydrogen-bond acceptors (Lipinski definition) is 7. The first kappa shape index (κ1) is 21.9. The minimum absolute atomic E-state index is 0.00925. The number of carbonyl (C=O) groups is 2. The molecule has 0 radical (unpaired) electrons. The van der Waals surface area contributed by atoms with Crippen LogP contribution in [0.5, 0.6) is 0 Å². The third kappa shape index (κ3) is 5.05. The van der Waals surface area contributed by atoms with Crippen molar-refractivity contribution in [3.8, 4) is 0 Å². The number of sulfonamides is 1. The highest BCUT2D eigenvalue weighted by Gasteiger charge is 2.38. The van der Waals surface area contributed by atoms with Gasteiger partial charge in [0.1, 0.15) is 0 Å². The molecule has 2 aromatic rings. The number of cyclic esters (lactones) is 2. The van der Waals surface area contributed by atoms with Crippen molar-refractivity contribution in [2.45, 2.75) is 24.5 Å². The molecule has 1 aliphatic rings.